The van der Waals surface area contributed by atoms with Crippen molar-refractivity contribution in [3.63, 3.8) is 0 Å². The van der Waals surface area contributed by atoms with Gasteiger partial charge in [-0.3, -0.25) is 9.78 Å². The summed E-state index contributed by atoms with van der Waals surface area (Å²) in [6, 6.07) is 15.0. The van der Waals surface area contributed by atoms with E-state index in [1.807, 2.05) is 69.3 Å². The molecular formula is C21H22ClN5O2. The Labute approximate surface area is 173 Å². The summed E-state index contributed by atoms with van der Waals surface area (Å²) in [6.45, 7) is 6.14. The minimum Gasteiger partial charge on any atom is -0.489 e. The summed E-state index contributed by atoms with van der Waals surface area (Å²) in [5.74, 6) is 0.890. The molecule has 7 nitrogen and oxygen atoms in total. The summed E-state index contributed by atoms with van der Waals surface area (Å²) in [7, 11) is 0. The molecule has 0 spiro atoms. The maximum absolute atomic E-state index is 12.1. The number of hydrazone groups is 1. The Kier molecular flexibility index (Phi) is 6.29. The van der Waals surface area contributed by atoms with Crippen LogP contribution in [0.2, 0.25) is 5.02 Å². The number of nitrogens with zero attached hydrogens (tertiary/aromatic N) is 3. The van der Waals surface area contributed by atoms with Gasteiger partial charge >= 0.3 is 0 Å². The molecule has 0 aliphatic carbocycles. The highest BCUT2D eigenvalue weighted by atomic mass is 35.5. The van der Waals surface area contributed by atoms with Gasteiger partial charge in [-0.25, -0.2) is 5.43 Å². The molecule has 0 atom stereocenters. The molecule has 3 aromatic rings. The van der Waals surface area contributed by atoms with Crippen molar-refractivity contribution in [3.05, 3.63) is 80.7 Å². The van der Waals surface area contributed by atoms with Crippen LogP contribution in [-0.2, 0) is 12.0 Å². The summed E-state index contributed by atoms with van der Waals surface area (Å²) in [5, 5.41) is 12.7. The van der Waals surface area contributed by atoms with Crippen molar-refractivity contribution in [1.29, 1.82) is 0 Å². The van der Waals surface area contributed by atoms with Gasteiger partial charge in [0.2, 0.25) is 5.95 Å². The lowest BCUT2D eigenvalue weighted by Crippen LogP contribution is -2.28. The van der Waals surface area contributed by atoms with E-state index in [2.05, 4.69) is 25.7 Å². The first-order valence-corrected chi connectivity index (χ1v) is 9.43. The van der Waals surface area contributed by atoms with E-state index >= 15 is 0 Å². The summed E-state index contributed by atoms with van der Waals surface area (Å²) < 4.78 is 5.80. The highest BCUT2D eigenvalue weighted by molar-refractivity contribution is 6.30. The highest BCUT2D eigenvalue weighted by Gasteiger charge is 2.20. The molecule has 0 saturated heterocycles. The molecule has 1 heterocycles. The molecule has 0 saturated carbocycles. The number of aromatic nitrogens is 3. The van der Waals surface area contributed by atoms with Gasteiger partial charge < -0.3 is 4.74 Å². The van der Waals surface area contributed by atoms with Crippen LogP contribution in [0, 0.1) is 0 Å². The lowest BCUT2D eigenvalue weighted by molar-refractivity contribution is 0.306. The van der Waals surface area contributed by atoms with E-state index in [-0.39, 0.29) is 16.9 Å². The number of benzene rings is 2. The van der Waals surface area contributed by atoms with Crippen LogP contribution in [0.25, 0.3) is 0 Å². The van der Waals surface area contributed by atoms with Crippen LogP contribution in [0.5, 0.6) is 5.75 Å². The Bertz CT molecular complexity index is 1060. The summed E-state index contributed by atoms with van der Waals surface area (Å²) in [4.78, 5) is 14.7. The zero-order valence-electron chi connectivity index (χ0n) is 16.4. The topological polar surface area (TPSA) is 92.3 Å². The number of rotatable bonds is 6. The van der Waals surface area contributed by atoms with Gasteiger partial charge in [-0.15, -0.1) is 10.2 Å². The molecule has 8 heteroatoms. The van der Waals surface area contributed by atoms with E-state index < -0.39 is 0 Å². The maximum atomic E-state index is 12.1. The monoisotopic (exact) mass is 411 g/mol. The average Bonchev–Trinajstić information content (AvgIpc) is 2.67. The van der Waals surface area contributed by atoms with Crippen molar-refractivity contribution in [2.45, 2.75) is 32.8 Å². The van der Waals surface area contributed by atoms with E-state index in [0.717, 1.165) is 11.1 Å². The largest absolute Gasteiger partial charge is 0.489 e. The molecular weight excluding hydrogens is 390 g/mol. The van der Waals surface area contributed by atoms with Crippen molar-refractivity contribution in [2.24, 2.45) is 5.10 Å². The number of H-pyrrole nitrogens is 1. The van der Waals surface area contributed by atoms with E-state index in [4.69, 9.17) is 16.3 Å². The lowest BCUT2D eigenvalue weighted by atomic mass is 9.93. The predicted octanol–water partition coefficient (Wildman–Crippen LogP) is 4.14. The molecule has 1 aromatic heterocycles. The molecule has 150 valence electrons. The first-order valence-electron chi connectivity index (χ1n) is 9.05. The fourth-order valence-electron chi connectivity index (χ4n) is 2.48. The highest BCUT2D eigenvalue weighted by Crippen LogP contribution is 2.16. The van der Waals surface area contributed by atoms with E-state index in [1.54, 1.807) is 6.21 Å². The van der Waals surface area contributed by atoms with Crippen LogP contribution in [0.4, 0.5) is 5.95 Å². The van der Waals surface area contributed by atoms with Gasteiger partial charge in [-0.1, -0.05) is 56.6 Å². The second-order valence-electron chi connectivity index (χ2n) is 7.46. The van der Waals surface area contributed by atoms with E-state index in [1.165, 1.54) is 0 Å². The molecule has 0 aliphatic rings. The second kappa shape index (κ2) is 8.87. The third kappa shape index (κ3) is 5.89. The van der Waals surface area contributed by atoms with Crippen molar-refractivity contribution < 1.29 is 4.74 Å². The molecule has 2 aromatic carbocycles. The Hall–Kier alpha value is -3.19. The standard InChI is InChI=1S/C21H22ClN5O2/c1-21(2,3)18-19(28)24-20(27-25-18)26-23-12-15-5-4-6-17(11-15)29-13-14-7-9-16(22)10-8-14/h4-12H,13H2,1-3H3,(H2,24,26,27,28)/b23-12+. The number of nitrogens with one attached hydrogen (secondary N) is 2. The quantitative estimate of drug-likeness (QED) is 0.469. The number of ether oxygens (including phenoxy) is 1. The second-order valence-corrected chi connectivity index (χ2v) is 7.90. The van der Waals surface area contributed by atoms with Gasteiger partial charge in [0.25, 0.3) is 5.56 Å². The van der Waals surface area contributed by atoms with Gasteiger partial charge in [0, 0.05) is 10.4 Å². The molecule has 29 heavy (non-hydrogen) atoms. The molecule has 0 fully saturated rings. The zero-order valence-corrected chi connectivity index (χ0v) is 17.2. The van der Waals surface area contributed by atoms with Crippen molar-refractivity contribution >= 4 is 23.8 Å². The van der Waals surface area contributed by atoms with Crippen molar-refractivity contribution in [2.75, 3.05) is 5.43 Å². The predicted molar refractivity (Wildman–Crippen MR) is 115 cm³/mol. The average molecular weight is 412 g/mol. The Balaban J connectivity index is 1.61. The Morgan fingerprint density at radius 1 is 1.17 bits per heavy atom. The molecule has 0 radical (unpaired) electrons. The first kappa shape index (κ1) is 20.5. The van der Waals surface area contributed by atoms with Crippen molar-refractivity contribution in [1.82, 2.24) is 15.2 Å². The lowest BCUT2D eigenvalue weighted by Gasteiger charge is -2.15. The minimum atomic E-state index is -0.380. The summed E-state index contributed by atoms with van der Waals surface area (Å²) in [6.07, 6.45) is 1.60. The normalized spacial score (nSPS) is 11.6. The number of anilines is 1. The zero-order chi connectivity index (χ0) is 20.9. The fourth-order valence-corrected chi connectivity index (χ4v) is 2.60. The molecule has 0 aliphatic heterocycles. The van der Waals surface area contributed by atoms with Gasteiger partial charge in [-0.05, 0) is 35.4 Å². The van der Waals surface area contributed by atoms with Crippen LogP contribution in [-0.4, -0.2) is 21.4 Å². The number of hydrogen-bond acceptors (Lipinski definition) is 6. The SMILES string of the molecule is CC(C)(C)c1nnc(N/N=C/c2cccc(OCc3ccc(Cl)cc3)c2)[nH]c1=O. The van der Waals surface area contributed by atoms with Crippen molar-refractivity contribution in [3.8, 4) is 5.75 Å². The fraction of sp³-hybridized carbons (Fsp3) is 0.238. The third-order valence-corrected chi connectivity index (χ3v) is 4.22. The van der Waals surface area contributed by atoms with Gasteiger partial charge in [0.1, 0.15) is 18.1 Å². The van der Waals surface area contributed by atoms with Crippen LogP contribution in [0.3, 0.4) is 0 Å². The third-order valence-electron chi connectivity index (χ3n) is 3.97. The Morgan fingerprint density at radius 2 is 1.93 bits per heavy atom. The molecule has 0 bridgehead atoms. The van der Waals surface area contributed by atoms with Crippen LogP contribution < -0.4 is 15.7 Å². The van der Waals surface area contributed by atoms with Crippen LogP contribution in [0.15, 0.2) is 58.4 Å². The van der Waals surface area contributed by atoms with Gasteiger partial charge in [0.15, 0.2) is 0 Å². The maximum Gasteiger partial charge on any atom is 0.274 e. The molecule has 3 rings (SSSR count). The first-order chi connectivity index (χ1) is 13.8. The van der Waals surface area contributed by atoms with E-state index in [0.29, 0.717) is 23.1 Å². The molecule has 2 N–H and O–H groups in total. The number of halogens is 1. The number of aromatic amines is 1. The number of hydrogen-bond donors (Lipinski definition) is 2. The minimum absolute atomic E-state index is 0.175. The van der Waals surface area contributed by atoms with Gasteiger partial charge in [0.05, 0.1) is 6.21 Å². The van der Waals surface area contributed by atoms with Gasteiger partial charge in [-0.2, -0.15) is 5.10 Å². The molecule has 0 unspecified atom stereocenters. The Morgan fingerprint density at radius 3 is 2.62 bits per heavy atom. The summed E-state index contributed by atoms with van der Waals surface area (Å²) in [5.41, 5.74) is 4.24. The molecule has 0 amide bonds. The summed E-state index contributed by atoms with van der Waals surface area (Å²) >= 11 is 5.89. The van der Waals surface area contributed by atoms with E-state index in [9.17, 15) is 4.79 Å². The van der Waals surface area contributed by atoms with Crippen LogP contribution in [0.1, 0.15) is 37.6 Å². The smallest absolute Gasteiger partial charge is 0.274 e. The van der Waals surface area contributed by atoms with Crippen LogP contribution >= 0.6 is 11.6 Å².